The zero-order valence-electron chi connectivity index (χ0n) is 8.71. The van der Waals surface area contributed by atoms with E-state index in [-0.39, 0.29) is 12.6 Å². The van der Waals surface area contributed by atoms with Gasteiger partial charge in [0.15, 0.2) is 0 Å². The van der Waals surface area contributed by atoms with Crippen molar-refractivity contribution < 1.29 is 14.6 Å². The van der Waals surface area contributed by atoms with Crippen LogP contribution in [0.1, 0.15) is 32.1 Å². The number of hydrogen-bond donors (Lipinski definition) is 2. The average Bonchev–Trinajstić information content (AvgIpc) is 2.26. The first-order valence-electron chi connectivity index (χ1n) is 5.19. The maximum atomic E-state index is 11.6. The van der Waals surface area contributed by atoms with Gasteiger partial charge in [-0.2, -0.15) is 0 Å². The summed E-state index contributed by atoms with van der Waals surface area (Å²) >= 11 is 0. The molecule has 0 aromatic carbocycles. The summed E-state index contributed by atoms with van der Waals surface area (Å²) < 4.78 is 4.81. The molecule has 14 heavy (non-hydrogen) atoms. The van der Waals surface area contributed by atoms with E-state index in [2.05, 4.69) is 5.32 Å². The number of piperidine rings is 1. The standard InChI is InChI=1S/C10H19NO3/c1-14-9(13)10(6-4-8-12)5-2-3-7-11-10/h11-12H,2-8H2,1H3. The first-order chi connectivity index (χ1) is 6.75. The number of ether oxygens (including phenoxy) is 1. The summed E-state index contributed by atoms with van der Waals surface area (Å²) in [5.41, 5.74) is -0.532. The summed E-state index contributed by atoms with van der Waals surface area (Å²) in [5, 5.41) is 12.0. The van der Waals surface area contributed by atoms with Crippen LogP contribution >= 0.6 is 0 Å². The number of aliphatic hydroxyl groups excluding tert-OH is 1. The summed E-state index contributed by atoms with van der Waals surface area (Å²) in [4.78, 5) is 11.6. The second-order valence-electron chi connectivity index (χ2n) is 3.78. The van der Waals surface area contributed by atoms with E-state index in [1.165, 1.54) is 7.11 Å². The Morgan fingerprint density at radius 2 is 2.36 bits per heavy atom. The Hall–Kier alpha value is -0.610. The lowest BCUT2D eigenvalue weighted by Crippen LogP contribution is -2.55. The van der Waals surface area contributed by atoms with Crippen LogP contribution in [0.25, 0.3) is 0 Å². The Morgan fingerprint density at radius 1 is 1.57 bits per heavy atom. The SMILES string of the molecule is COC(=O)C1(CCCO)CCCCN1. The molecule has 1 aliphatic heterocycles. The minimum atomic E-state index is -0.532. The molecule has 1 heterocycles. The minimum absolute atomic E-state index is 0.125. The molecule has 1 atom stereocenters. The molecule has 1 aliphatic rings. The van der Waals surface area contributed by atoms with Crippen LogP contribution in [0.5, 0.6) is 0 Å². The number of carbonyl (C=O) groups excluding carboxylic acids is 1. The number of rotatable bonds is 4. The van der Waals surface area contributed by atoms with Crippen molar-refractivity contribution in [1.82, 2.24) is 5.32 Å². The topological polar surface area (TPSA) is 58.6 Å². The first-order valence-corrected chi connectivity index (χ1v) is 5.19. The molecule has 0 radical (unpaired) electrons. The van der Waals surface area contributed by atoms with E-state index >= 15 is 0 Å². The Balaban J connectivity index is 2.61. The molecule has 4 nitrogen and oxygen atoms in total. The molecule has 0 aromatic heterocycles. The summed E-state index contributed by atoms with van der Waals surface area (Å²) in [6.07, 6.45) is 4.28. The van der Waals surface area contributed by atoms with Gasteiger partial charge in [-0.05, 0) is 38.6 Å². The van der Waals surface area contributed by atoms with Crippen molar-refractivity contribution in [2.24, 2.45) is 0 Å². The second-order valence-corrected chi connectivity index (χ2v) is 3.78. The number of methoxy groups -OCH3 is 1. The normalized spacial score (nSPS) is 27.3. The molecular weight excluding hydrogens is 182 g/mol. The number of hydrogen-bond acceptors (Lipinski definition) is 4. The van der Waals surface area contributed by atoms with Gasteiger partial charge in [0.05, 0.1) is 7.11 Å². The lowest BCUT2D eigenvalue weighted by molar-refractivity contribution is -0.150. The van der Waals surface area contributed by atoms with Crippen LogP contribution in [0.4, 0.5) is 0 Å². The highest BCUT2D eigenvalue weighted by molar-refractivity contribution is 5.80. The zero-order valence-corrected chi connectivity index (χ0v) is 8.71. The van der Waals surface area contributed by atoms with E-state index in [0.717, 1.165) is 25.8 Å². The van der Waals surface area contributed by atoms with Crippen LogP contribution in [0, 0.1) is 0 Å². The van der Waals surface area contributed by atoms with Gasteiger partial charge in [-0.15, -0.1) is 0 Å². The van der Waals surface area contributed by atoms with Crippen molar-refractivity contribution in [3.63, 3.8) is 0 Å². The minimum Gasteiger partial charge on any atom is -0.468 e. The molecule has 1 saturated heterocycles. The maximum Gasteiger partial charge on any atom is 0.326 e. The largest absolute Gasteiger partial charge is 0.468 e. The van der Waals surface area contributed by atoms with Crippen molar-refractivity contribution >= 4 is 5.97 Å². The van der Waals surface area contributed by atoms with Crippen LogP contribution in [-0.4, -0.2) is 36.9 Å². The van der Waals surface area contributed by atoms with Crippen LogP contribution in [0.2, 0.25) is 0 Å². The van der Waals surface area contributed by atoms with Gasteiger partial charge in [-0.25, -0.2) is 0 Å². The molecule has 82 valence electrons. The van der Waals surface area contributed by atoms with E-state index in [1.807, 2.05) is 0 Å². The monoisotopic (exact) mass is 201 g/mol. The molecule has 1 unspecified atom stereocenters. The first kappa shape index (κ1) is 11.5. The summed E-state index contributed by atoms with van der Waals surface area (Å²) in [7, 11) is 1.42. The van der Waals surface area contributed by atoms with Crippen molar-refractivity contribution in [3.05, 3.63) is 0 Å². The third-order valence-corrected chi connectivity index (χ3v) is 2.83. The molecule has 1 fully saturated rings. The lowest BCUT2D eigenvalue weighted by atomic mass is 9.85. The Morgan fingerprint density at radius 3 is 2.86 bits per heavy atom. The van der Waals surface area contributed by atoms with E-state index in [0.29, 0.717) is 12.8 Å². The van der Waals surface area contributed by atoms with Gasteiger partial charge in [0.25, 0.3) is 0 Å². The highest BCUT2D eigenvalue weighted by Crippen LogP contribution is 2.25. The Bertz CT molecular complexity index is 188. The number of esters is 1. The fourth-order valence-corrected chi connectivity index (χ4v) is 2.03. The Kier molecular flexibility index (Phi) is 4.35. The van der Waals surface area contributed by atoms with Gasteiger partial charge in [0.2, 0.25) is 0 Å². The Labute approximate surface area is 84.6 Å². The van der Waals surface area contributed by atoms with Crippen LogP contribution in [0.15, 0.2) is 0 Å². The van der Waals surface area contributed by atoms with Crippen molar-refractivity contribution in [3.8, 4) is 0 Å². The van der Waals surface area contributed by atoms with Gasteiger partial charge in [-0.3, -0.25) is 4.79 Å². The fraction of sp³-hybridized carbons (Fsp3) is 0.900. The van der Waals surface area contributed by atoms with Gasteiger partial charge < -0.3 is 15.2 Å². The quantitative estimate of drug-likeness (QED) is 0.648. The highest BCUT2D eigenvalue weighted by Gasteiger charge is 2.39. The van der Waals surface area contributed by atoms with Gasteiger partial charge in [-0.1, -0.05) is 0 Å². The van der Waals surface area contributed by atoms with E-state index < -0.39 is 5.54 Å². The molecule has 0 aliphatic carbocycles. The van der Waals surface area contributed by atoms with Crippen molar-refractivity contribution in [2.45, 2.75) is 37.6 Å². The summed E-state index contributed by atoms with van der Waals surface area (Å²) in [6, 6.07) is 0. The number of aliphatic hydroxyl groups is 1. The highest BCUT2D eigenvalue weighted by atomic mass is 16.5. The third-order valence-electron chi connectivity index (χ3n) is 2.83. The van der Waals surface area contributed by atoms with E-state index in [9.17, 15) is 4.79 Å². The van der Waals surface area contributed by atoms with Gasteiger partial charge >= 0.3 is 5.97 Å². The van der Waals surface area contributed by atoms with Gasteiger partial charge in [0.1, 0.15) is 5.54 Å². The zero-order chi connectivity index (χ0) is 10.4. The van der Waals surface area contributed by atoms with Gasteiger partial charge in [0, 0.05) is 6.61 Å². The van der Waals surface area contributed by atoms with Crippen LogP contribution in [-0.2, 0) is 9.53 Å². The molecule has 0 saturated carbocycles. The maximum absolute atomic E-state index is 11.6. The van der Waals surface area contributed by atoms with Crippen LogP contribution < -0.4 is 5.32 Å². The third kappa shape index (κ3) is 2.45. The molecule has 0 amide bonds. The predicted octanol–water partition coefficient (Wildman–Crippen LogP) is 0.444. The molecule has 2 N–H and O–H groups in total. The van der Waals surface area contributed by atoms with E-state index in [1.54, 1.807) is 0 Å². The molecule has 0 aromatic rings. The summed E-state index contributed by atoms with van der Waals surface area (Å²) in [5.74, 6) is -0.189. The van der Waals surface area contributed by atoms with Crippen molar-refractivity contribution in [1.29, 1.82) is 0 Å². The van der Waals surface area contributed by atoms with E-state index in [4.69, 9.17) is 9.84 Å². The lowest BCUT2D eigenvalue weighted by Gasteiger charge is -2.35. The van der Waals surface area contributed by atoms with Crippen molar-refractivity contribution in [2.75, 3.05) is 20.3 Å². The predicted molar refractivity (Wildman–Crippen MR) is 52.9 cm³/mol. The second kappa shape index (κ2) is 5.32. The molecule has 1 rings (SSSR count). The van der Waals surface area contributed by atoms with Crippen LogP contribution in [0.3, 0.4) is 0 Å². The smallest absolute Gasteiger partial charge is 0.326 e. The molecule has 4 heteroatoms. The number of carbonyl (C=O) groups is 1. The molecule has 0 bridgehead atoms. The summed E-state index contributed by atoms with van der Waals surface area (Å²) in [6.45, 7) is 0.987. The number of nitrogens with one attached hydrogen (secondary N) is 1. The molecule has 0 spiro atoms. The molecular formula is C10H19NO3. The average molecular weight is 201 g/mol. The fourth-order valence-electron chi connectivity index (χ4n) is 2.03.